The number of nitrogens with zero attached hydrogens (tertiary/aromatic N) is 6. The third-order valence-corrected chi connectivity index (χ3v) is 4.08. The summed E-state index contributed by atoms with van der Waals surface area (Å²) in [6.45, 7) is 0.283. The molecule has 0 amide bonds. The third-order valence-electron chi connectivity index (χ3n) is 3.55. The van der Waals surface area contributed by atoms with E-state index in [9.17, 15) is 0 Å². The Morgan fingerprint density at radius 3 is 2.60 bits per heavy atom. The molecule has 4 rings (SSSR count). The molecule has 4 aromatic rings. The Morgan fingerprint density at radius 1 is 1.00 bits per heavy atom. The van der Waals surface area contributed by atoms with Crippen molar-refractivity contribution in [1.82, 2.24) is 30.3 Å². The highest BCUT2D eigenvalue weighted by Gasteiger charge is 2.11. The van der Waals surface area contributed by atoms with Gasteiger partial charge in [0, 0.05) is 16.5 Å². The van der Waals surface area contributed by atoms with Crippen LogP contribution in [-0.2, 0) is 13.0 Å². The molecule has 0 N–H and O–H groups in total. The third kappa shape index (κ3) is 3.80. The van der Waals surface area contributed by atoms with Gasteiger partial charge in [-0.1, -0.05) is 51.4 Å². The van der Waals surface area contributed by atoms with Crippen molar-refractivity contribution in [2.75, 3.05) is 0 Å². The van der Waals surface area contributed by atoms with Gasteiger partial charge in [0.05, 0.1) is 0 Å². The van der Waals surface area contributed by atoms with Crippen LogP contribution in [-0.4, -0.2) is 30.3 Å². The molecule has 0 saturated heterocycles. The molecule has 0 aliphatic carbocycles. The lowest BCUT2D eigenvalue weighted by molar-refractivity contribution is 0.353. The van der Waals surface area contributed by atoms with E-state index in [2.05, 4.69) is 41.5 Å². The van der Waals surface area contributed by atoms with E-state index in [0.29, 0.717) is 24.0 Å². The molecular weight excluding hydrogens is 384 g/mol. The average molecular weight is 397 g/mol. The number of hydrogen-bond acceptors (Lipinski definition) is 6. The molecule has 2 aromatic carbocycles. The molecule has 8 heteroatoms. The second kappa shape index (κ2) is 6.94. The quantitative estimate of drug-likeness (QED) is 0.515. The van der Waals surface area contributed by atoms with Gasteiger partial charge in [0.1, 0.15) is 6.54 Å². The lowest BCUT2D eigenvalue weighted by Gasteiger charge is -1.95. The molecule has 0 radical (unpaired) electrons. The maximum Gasteiger partial charge on any atom is 0.250 e. The van der Waals surface area contributed by atoms with Crippen molar-refractivity contribution in [1.29, 1.82) is 0 Å². The predicted octanol–water partition coefficient (Wildman–Crippen LogP) is 3.12. The number of halogens is 1. The molecule has 0 saturated carbocycles. The minimum Gasteiger partial charge on any atom is -0.337 e. The molecule has 25 heavy (non-hydrogen) atoms. The molecule has 0 aliphatic heterocycles. The molecule has 0 aliphatic rings. The van der Waals surface area contributed by atoms with E-state index in [1.807, 2.05) is 54.6 Å². The highest BCUT2D eigenvalue weighted by molar-refractivity contribution is 9.10. The van der Waals surface area contributed by atoms with E-state index < -0.39 is 0 Å². The summed E-state index contributed by atoms with van der Waals surface area (Å²) in [6.07, 6.45) is 0.624. The van der Waals surface area contributed by atoms with Gasteiger partial charge in [-0.05, 0) is 35.0 Å². The van der Waals surface area contributed by atoms with Gasteiger partial charge in [0.2, 0.25) is 11.7 Å². The molecule has 0 spiro atoms. The lowest BCUT2D eigenvalue weighted by Crippen LogP contribution is -2.04. The summed E-state index contributed by atoms with van der Waals surface area (Å²) in [7, 11) is 0. The topological polar surface area (TPSA) is 82.5 Å². The first-order valence-corrected chi connectivity index (χ1v) is 8.45. The molecular formula is C17H13BrN6O. The Kier molecular flexibility index (Phi) is 4.34. The number of benzene rings is 2. The summed E-state index contributed by atoms with van der Waals surface area (Å²) in [6, 6.07) is 17.7. The molecule has 7 nitrogen and oxygen atoms in total. The van der Waals surface area contributed by atoms with Gasteiger partial charge in [-0.25, -0.2) is 0 Å². The van der Waals surface area contributed by atoms with Crippen LogP contribution in [0.15, 0.2) is 63.6 Å². The van der Waals surface area contributed by atoms with Crippen molar-refractivity contribution < 1.29 is 4.52 Å². The van der Waals surface area contributed by atoms with E-state index >= 15 is 0 Å². The molecule has 0 unspecified atom stereocenters. The summed E-state index contributed by atoms with van der Waals surface area (Å²) in [5.41, 5.74) is 2.02. The summed E-state index contributed by atoms with van der Waals surface area (Å²) in [5.74, 6) is 1.64. The first-order valence-electron chi connectivity index (χ1n) is 7.65. The standard InChI is InChI=1S/C17H13BrN6O/c18-14-8-6-13(7-9-14)17-20-23-24(21-17)11-16-19-15(22-25-16)10-12-4-2-1-3-5-12/h1-9H,10-11H2. The summed E-state index contributed by atoms with van der Waals surface area (Å²) in [4.78, 5) is 5.82. The van der Waals surface area contributed by atoms with E-state index in [1.54, 1.807) is 0 Å². The van der Waals surface area contributed by atoms with Gasteiger partial charge in [0.15, 0.2) is 5.82 Å². The van der Waals surface area contributed by atoms with Crippen molar-refractivity contribution in [3.05, 3.63) is 76.3 Å². The monoisotopic (exact) mass is 396 g/mol. The SMILES string of the molecule is Brc1ccc(-c2nnn(Cc3nc(Cc4ccccc4)no3)n2)cc1. The Bertz CT molecular complexity index is 964. The van der Waals surface area contributed by atoms with E-state index in [-0.39, 0.29) is 6.54 Å². The zero-order chi connectivity index (χ0) is 17.1. The maximum atomic E-state index is 5.28. The van der Waals surface area contributed by atoms with Crippen LogP contribution in [0.1, 0.15) is 17.3 Å². The molecule has 2 aromatic heterocycles. The minimum atomic E-state index is 0.283. The van der Waals surface area contributed by atoms with Gasteiger partial charge in [0.25, 0.3) is 0 Å². The van der Waals surface area contributed by atoms with Crippen LogP contribution < -0.4 is 0 Å². The Hall–Kier alpha value is -2.87. The van der Waals surface area contributed by atoms with Crippen LogP contribution in [0.3, 0.4) is 0 Å². The first-order chi connectivity index (χ1) is 12.3. The van der Waals surface area contributed by atoms with Crippen LogP contribution in [0.2, 0.25) is 0 Å². The molecule has 0 bridgehead atoms. The summed E-state index contributed by atoms with van der Waals surface area (Å²) >= 11 is 3.40. The fraction of sp³-hybridized carbons (Fsp3) is 0.118. The fourth-order valence-electron chi connectivity index (χ4n) is 2.35. The molecule has 124 valence electrons. The van der Waals surface area contributed by atoms with Crippen LogP contribution in [0.25, 0.3) is 11.4 Å². The maximum absolute atomic E-state index is 5.28. The second-order valence-corrected chi connectivity index (χ2v) is 6.33. The zero-order valence-electron chi connectivity index (χ0n) is 13.1. The first kappa shape index (κ1) is 15.6. The number of rotatable bonds is 5. The van der Waals surface area contributed by atoms with Crippen LogP contribution in [0, 0.1) is 0 Å². The van der Waals surface area contributed by atoms with Crippen molar-refractivity contribution in [2.24, 2.45) is 0 Å². The minimum absolute atomic E-state index is 0.283. The lowest BCUT2D eigenvalue weighted by atomic mass is 10.1. The van der Waals surface area contributed by atoms with Crippen LogP contribution in [0.5, 0.6) is 0 Å². The number of hydrogen-bond donors (Lipinski definition) is 0. The largest absolute Gasteiger partial charge is 0.337 e. The Labute approximate surface area is 151 Å². The Morgan fingerprint density at radius 2 is 1.80 bits per heavy atom. The van der Waals surface area contributed by atoms with E-state index in [1.165, 1.54) is 4.80 Å². The van der Waals surface area contributed by atoms with Gasteiger partial charge in [-0.3, -0.25) is 0 Å². The number of aromatic nitrogens is 6. The van der Waals surface area contributed by atoms with E-state index in [4.69, 9.17) is 4.52 Å². The van der Waals surface area contributed by atoms with Crippen LogP contribution >= 0.6 is 15.9 Å². The van der Waals surface area contributed by atoms with Gasteiger partial charge in [-0.2, -0.15) is 9.78 Å². The number of tetrazole rings is 1. The molecule has 2 heterocycles. The summed E-state index contributed by atoms with van der Waals surface area (Å²) < 4.78 is 6.28. The highest BCUT2D eigenvalue weighted by atomic mass is 79.9. The smallest absolute Gasteiger partial charge is 0.250 e. The summed E-state index contributed by atoms with van der Waals surface area (Å²) in [5, 5.41) is 16.5. The van der Waals surface area contributed by atoms with Crippen molar-refractivity contribution in [3.63, 3.8) is 0 Å². The molecule has 0 fully saturated rings. The second-order valence-electron chi connectivity index (χ2n) is 5.42. The van der Waals surface area contributed by atoms with Crippen LogP contribution in [0.4, 0.5) is 0 Å². The highest BCUT2D eigenvalue weighted by Crippen LogP contribution is 2.17. The van der Waals surface area contributed by atoms with Gasteiger partial charge >= 0.3 is 0 Å². The van der Waals surface area contributed by atoms with Crippen molar-refractivity contribution in [2.45, 2.75) is 13.0 Å². The Balaban J connectivity index is 1.45. The van der Waals surface area contributed by atoms with Crippen molar-refractivity contribution in [3.8, 4) is 11.4 Å². The predicted molar refractivity (Wildman–Crippen MR) is 93.6 cm³/mol. The van der Waals surface area contributed by atoms with E-state index in [0.717, 1.165) is 15.6 Å². The van der Waals surface area contributed by atoms with Gasteiger partial charge < -0.3 is 4.52 Å². The zero-order valence-corrected chi connectivity index (χ0v) is 14.7. The normalized spacial score (nSPS) is 10.9. The molecule has 0 atom stereocenters. The average Bonchev–Trinajstić information content (AvgIpc) is 3.27. The van der Waals surface area contributed by atoms with Gasteiger partial charge in [-0.15, -0.1) is 10.2 Å². The fourth-order valence-corrected chi connectivity index (χ4v) is 2.61. The van der Waals surface area contributed by atoms with Crippen molar-refractivity contribution >= 4 is 15.9 Å².